The molecule has 0 saturated heterocycles. The number of hydrogen-bond donors (Lipinski definition) is 1. The standard InChI is InChI=1S/C21H24ClN3O.CH4O3S/c1-16-5-7-17(8-6-16)20-15-25(19-11-9-18(22)10-12-19)23-21(20)26-14-4-13-24(2)3;1-5(2,3)4/h5-12,15H,4,13-14H2,1-3H3;1H3,(H,2,3,4). The minimum Gasteiger partial charge on any atom is -0.476 e. The van der Waals surface area contributed by atoms with Crippen LogP contribution in [0, 0.1) is 6.92 Å². The van der Waals surface area contributed by atoms with Crippen molar-refractivity contribution >= 4 is 21.7 Å². The first-order chi connectivity index (χ1) is 14.5. The van der Waals surface area contributed by atoms with Gasteiger partial charge in [-0.3, -0.25) is 4.55 Å². The van der Waals surface area contributed by atoms with Crippen LogP contribution in [0.2, 0.25) is 5.02 Å². The summed E-state index contributed by atoms with van der Waals surface area (Å²) in [5.74, 6) is 0.655. The summed E-state index contributed by atoms with van der Waals surface area (Å²) in [6, 6.07) is 16.0. The Morgan fingerprint density at radius 3 is 2.23 bits per heavy atom. The third-order valence-corrected chi connectivity index (χ3v) is 4.37. The Hall–Kier alpha value is -2.39. The van der Waals surface area contributed by atoms with E-state index in [1.807, 2.05) is 35.1 Å². The topological polar surface area (TPSA) is 84.7 Å². The van der Waals surface area contributed by atoms with Crippen molar-refractivity contribution in [1.29, 1.82) is 0 Å². The minimum absolute atomic E-state index is 0.634. The lowest BCUT2D eigenvalue weighted by Gasteiger charge is -2.10. The number of aryl methyl sites for hydroxylation is 1. The summed E-state index contributed by atoms with van der Waals surface area (Å²) in [6.45, 7) is 3.70. The third-order valence-electron chi connectivity index (χ3n) is 4.12. The summed E-state index contributed by atoms with van der Waals surface area (Å²) in [5, 5.41) is 5.37. The molecule has 7 nitrogen and oxygen atoms in total. The molecule has 1 aromatic heterocycles. The molecule has 0 radical (unpaired) electrons. The van der Waals surface area contributed by atoms with E-state index < -0.39 is 10.1 Å². The van der Waals surface area contributed by atoms with Gasteiger partial charge in [0.1, 0.15) is 0 Å². The first-order valence-corrected chi connectivity index (χ1v) is 11.9. The first-order valence-electron chi connectivity index (χ1n) is 9.65. The summed E-state index contributed by atoms with van der Waals surface area (Å²) in [6.07, 6.45) is 3.68. The van der Waals surface area contributed by atoms with Crippen LogP contribution in [-0.2, 0) is 10.1 Å². The zero-order chi connectivity index (χ0) is 23.0. The largest absolute Gasteiger partial charge is 0.476 e. The van der Waals surface area contributed by atoms with E-state index in [4.69, 9.17) is 20.9 Å². The lowest BCUT2D eigenvalue weighted by atomic mass is 10.1. The average Bonchev–Trinajstić information content (AvgIpc) is 3.09. The first kappa shape index (κ1) is 24.9. The van der Waals surface area contributed by atoms with Crippen molar-refractivity contribution in [2.45, 2.75) is 13.3 Å². The third kappa shape index (κ3) is 9.10. The molecule has 3 aromatic rings. The van der Waals surface area contributed by atoms with Gasteiger partial charge in [0.05, 0.1) is 24.1 Å². The molecule has 9 heteroatoms. The highest BCUT2D eigenvalue weighted by Crippen LogP contribution is 2.30. The molecule has 168 valence electrons. The Morgan fingerprint density at radius 1 is 1.10 bits per heavy atom. The Morgan fingerprint density at radius 2 is 1.68 bits per heavy atom. The molecule has 1 N–H and O–H groups in total. The monoisotopic (exact) mass is 465 g/mol. The van der Waals surface area contributed by atoms with Crippen molar-refractivity contribution in [2.24, 2.45) is 0 Å². The second kappa shape index (κ2) is 11.3. The van der Waals surface area contributed by atoms with Gasteiger partial charge in [0.15, 0.2) is 0 Å². The van der Waals surface area contributed by atoms with Gasteiger partial charge < -0.3 is 9.64 Å². The van der Waals surface area contributed by atoms with Crippen molar-refractivity contribution in [2.75, 3.05) is 33.5 Å². The molecule has 0 amide bonds. The number of hydrogen-bond acceptors (Lipinski definition) is 5. The SMILES string of the molecule is CS(=O)(=O)O.Cc1ccc(-c2cn(-c3ccc(Cl)cc3)nc2OCCCN(C)C)cc1. The molecule has 0 spiro atoms. The number of benzene rings is 2. The van der Waals surface area contributed by atoms with Crippen LogP contribution >= 0.6 is 11.6 Å². The normalized spacial score (nSPS) is 11.2. The molecule has 0 aliphatic rings. The quantitative estimate of drug-likeness (QED) is 0.413. The van der Waals surface area contributed by atoms with Crippen LogP contribution < -0.4 is 4.74 Å². The molecular weight excluding hydrogens is 438 g/mol. The maximum Gasteiger partial charge on any atom is 0.261 e. The molecule has 0 atom stereocenters. The minimum atomic E-state index is -3.67. The van der Waals surface area contributed by atoms with Crippen molar-refractivity contribution < 1.29 is 17.7 Å². The second-order valence-corrected chi connectivity index (χ2v) is 9.28. The Bertz CT molecular complexity index is 1060. The van der Waals surface area contributed by atoms with Gasteiger partial charge in [0, 0.05) is 17.8 Å². The summed E-state index contributed by atoms with van der Waals surface area (Å²) >= 11 is 6.00. The lowest BCUT2D eigenvalue weighted by Crippen LogP contribution is -2.15. The maximum atomic E-state index is 9.19. The van der Waals surface area contributed by atoms with Crippen LogP contribution in [0.25, 0.3) is 16.8 Å². The molecular formula is C22H28ClN3O4S. The summed E-state index contributed by atoms with van der Waals surface area (Å²) in [5.41, 5.74) is 4.27. The number of nitrogens with zero attached hydrogens (tertiary/aromatic N) is 3. The van der Waals surface area contributed by atoms with E-state index in [2.05, 4.69) is 55.3 Å². The highest BCUT2D eigenvalue weighted by Gasteiger charge is 2.13. The lowest BCUT2D eigenvalue weighted by molar-refractivity contribution is 0.273. The molecule has 0 unspecified atom stereocenters. The Kier molecular flexibility index (Phi) is 9.06. The van der Waals surface area contributed by atoms with E-state index in [1.54, 1.807) is 0 Å². The zero-order valence-corrected chi connectivity index (χ0v) is 19.7. The number of aromatic nitrogens is 2. The van der Waals surface area contributed by atoms with Crippen molar-refractivity contribution in [3.05, 3.63) is 65.3 Å². The maximum absolute atomic E-state index is 9.19. The molecule has 1 heterocycles. The van der Waals surface area contributed by atoms with Gasteiger partial charge in [-0.15, -0.1) is 5.10 Å². The van der Waals surface area contributed by atoms with E-state index in [0.717, 1.165) is 29.8 Å². The van der Waals surface area contributed by atoms with E-state index >= 15 is 0 Å². The Balaban J connectivity index is 0.000000614. The van der Waals surface area contributed by atoms with E-state index in [0.29, 0.717) is 23.8 Å². The van der Waals surface area contributed by atoms with E-state index in [9.17, 15) is 8.42 Å². The molecule has 0 aliphatic heterocycles. The number of halogens is 1. The molecule has 0 bridgehead atoms. The second-order valence-electron chi connectivity index (χ2n) is 7.37. The van der Waals surface area contributed by atoms with Gasteiger partial charge in [-0.25, -0.2) is 4.68 Å². The van der Waals surface area contributed by atoms with Gasteiger partial charge in [-0.1, -0.05) is 41.4 Å². The summed E-state index contributed by atoms with van der Waals surface area (Å²) in [7, 11) is 0.458. The van der Waals surface area contributed by atoms with Crippen LogP contribution in [0.4, 0.5) is 0 Å². The molecule has 31 heavy (non-hydrogen) atoms. The fourth-order valence-electron chi connectivity index (χ4n) is 2.67. The van der Waals surface area contributed by atoms with Crippen LogP contribution in [0.15, 0.2) is 54.7 Å². The predicted molar refractivity (Wildman–Crippen MR) is 125 cm³/mol. The molecule has 0 aliphatic carbocycles. The van der Waals surface area contributed by atoms with Gasteiger partial charge in [0.2, 0.25) is 5.88 Å². The highest BCUT2D eigenvalue weighted by molar-refractivity contribution is 7.85. The molecule has 3 rings (SSSR count). The summed E-state index contributed by atoms with van der Waals surface area (Å²) < 4.78 is 33.7. The van der Waals surface area contributed by atoms with Gasteiger partial charge in [-0.05, 0) is 57.3 Å². The average molecular weight is 466 g/mol. The van der Waals surface area contributed by atoms with Gasteiger partial charge in [-0.2, -0.15) is 8.42 Å². The number of rotatable bonds is 7. The van der Waals surface area contributed by atoms with Crippen molar-refractivity contribution in [3.63, 3.8) is 0 Å². The highest BCUT2D eigenvalue weighted by atomic mass is 35.5. The summed E-state index contributed by atoms with van der Waals surface area (Å²) in [4.78, 5) is 2.15. The van der Waals surface area contributed by atoms with Crippen LogP contribution in [0.1, 0.15) is 12.0 Å². The number of ether oxygens (including phenoxy) is 1. The smallest absolute Gasteiger partial charge is 0.261 e. The van der Waals surface area contributed by atoms with Crippen molar-refractivity contribution in [3.8, 4) is 22.7 Å². The Labute approximate surface area is 189 Å². The fraction of sp³-hybridized carbons (Fsp3) is 0.318. The van der Waals surface area contributed by atoms with Crippen LogP contribution in [-0.4, -0.2) is 61.2 Å². The van der Waals surface area contributed by atoms with E-state index in [1.165, 1.54) is 5.56 Å². The van der Waals surface area contributed by atoms with Gasteiger partial charge >= 0.3 is 0 Å². The van der Waals surface area contributed by atoms with Crippen LogP contribution in [0.3, 0.4) is 0 Å². The predicted octanol–water partition coefficient (Wildman–Crippen LogP) is 4.34. The molecule has 0 fully saturated rings. The van der Waals surface area contributed by atoms with Gasteiger partial charge in [0.25, 0.3) is 10.1 Å². The van der Waals surface area contributed by atoms with Crippen LogP contribution in [0.5, 0.6) is 5.88 Å². The van der Waals surface area contributed by atoms with E-state index in [-0.39, 0.29) is 0 Å². The molecule has 2 aromatic carbocycles. The zero-order valence-electron chi connectivity index (χ0n) is 18.1. The van der Waals surface area contributed by atoms with Crippen molar-refractivity contribution in [1.82, 2.24) is 14.7 Å². The fourth-order valence-corrected chi connectivity index (χ4v) is 2.80. The molecule has 0 saturated carbocycles.